The van der Waals surface area contributed by atoms with Crippen LogP contribution in [0.3, 0.4) is 0 Å². The summed E-state index contributed by atoms with van der Waals surface area (Å²) >= 11 is 1.85. The van der Waals surface area contributed by atoms with Crippen LogP contribution in [0.2, 0.25) is 0 Å². The molecule has 0 aromatic carbocycles. The SMILES string of the molecule is OC(CC1CCC2CCCCC2C1)c1c(C2CC2)sc2cncn12. The van der Waals surface area contributed by atoms with Gasteiger partial charge < -0.3 is 5.11 Å². The van der Waals surface area contributed by atoms with Crippen molar-refractivity contribution in [3.63, 3.8) is 0 Å². The number of imidazole rings is 1. The van der Waals surface area contributed by atoms with Gasteiger partial charge in [0.25, 0.3) is 0 Å². The van der Waals surface area contributed by atoms with Gasteiger partial charge in [-0.15, -0.1) is 11.3 Å². The summed E-state index contributed by atoms with van der Waals surface area (Å²) in [5.74, 6) is 3.36. The first-order valence-corrected chi connectivity index (χ1v) is 10.7. The molecular weight excluding hydrogens is 316 g/mol. The number of nitrogens with zero attached hydrogens (tertiary/aromatic N) is 2. The third-order valence-corrected chi connectivity index (χ3v) is 8.07. The maximum Gasteiger partial charge on any atom is 0.120 e. The highest BCUT2D eigenvalue weighted by Gasteiger charge is 2.36. The normalized spacial score (nSPS) is 32.0. The second kappa shape index (κ2) is 6.14. The van der Waals surface area contributed by atoms with Crippen LogP contribution in [0.4, 0.5) is 0 Å². The smallest absolute Gasteiger partial charge is 0.120 e. The van der Waals surface area contributed by atoms with Crippen molar-refractivity contribution in [1.29, 1.82) is 0 Å². The van der Waals surface area contributed by atoms with E-state index in [1.54, 1.807) is 0 Å². The third kappa shape index (κ3) is 2.72. The van der Waals surface area contributed by atoms with Crippen molar-refractivity contribution in [2.75, 3.05) is 0 Å². The lowest BCUT2D eigenvalue weighted by Crippen LogP contribution is -2.28. The highest BCUT2D eigenvalue weighted by Crippen LogP contribution is 2.49. The van der Waals surface area contributed by atoms with Crippen molar-refractivity contribution < 1.29 is 5.11 Å². The van der Waals surface area contributed by atoms with Crippen LogP contribution in [-0.4, -0.2) is 14.5 Å². The van der Waals surface area contributed by atoms with Crippen molar-refractivity contribution in [3.05, 3.63) is 23.1 Å². The van der Waals surface area contributed by atoms with E-state index in [-0.39, 0.29) is 6.10 Å². The first kappa shape index (κ1) is 15.4. The predicted octanol–water partition coefficient (Wildman–Crippen LogP) is 5.30. The fourth-order valence-electron chi connectivity index (χ4n) is 5.40. The van der Waals surface area contributed by atoms with Gasteiger partial charge in [-0.3, -0.25) is 4.40 Å². The van der Waals surface area contributed by atoms with E-state index >= 15 is 0 Å². The Kier molecular flexibility index (Phi) is 3.93. The highest BCUT2D eigenvalue weighted by atomic mass is 32.1. The molecule has 3 aliphatic rings. The second-order valence-electron chi connectivity index (χ2n) is 8.46. The van der Waals surface area contributed by atoms with Gasteiger partial charge in [0.2, 0.25) is 0 Å². The van der Waals surface area contributed by atoms with Gasteiger partial charge in [0.1, 0.15) is 11.2 Å². The van der Waals surface area contributed by atoms with Crippen molar-refractivity contribution >= 4 is 16.2 Å². The van der Waals surface area contributed by atoms with Crippen molar-refractivity contribution in [2.45, 2.75) is 76.2 Å². The minimum atomic E-state index is -0.311. The molecule has 2 heterocycles. The van der Waals surface area contributed by atoms with Crippen LogP contribution in [0.25, 0.3) is 4.83 Å². The molecule has 1 N–H and O–H groups in total. The fourth-order valence-corrected chi connectivity index (χ4v) is 6.72. The lowest BCUT2D eigenvalue weighted by Gasteiger charge is -2.39. The topological polar surface area (TPSA) is 37.5 Å². The Labute approximate surface area is 148 Å². The minimum Gasteiger partial charge on any atom is -0.387 e. The maximum atomic E-state index is 11.1. The summed E-state index contributed by atoms with van der Waals surface area (Å²) in [6, 6.07) is 0. The van der Waals surface area contributed by atoms with Crippen LogP contribution in [-0.2, 0) is 0 Å². The maximum absolute atomic E-state index is 11.1. The van der Waals surface area contributed by atoms with E-state index in [1.807, 2.05) is 23.9 Å². The molecule has 0 bridgehead atoms. The average molecular weight is 345 g/mol. The van der Waals surface area contributed by atoms with E-state index in [2.05, 4.69) is 9.38 Å². The van der Waals surface area contributed by atoms with Gasteiger partial charge in [-0.05, 0) is 55.8 Å². The Morgan fingerprint density at radius 1 is 1.12 bits per heavy atom. The standard InChI is InChI=1S/C20H28N2OS/c23-17(10-13-5-6-14-3-1-2-4-16(14)9-13)19-20(15-7-8-15)24-18-11-21-12-22(18)19/h11-17,23H,1-10H2. The van der Waals surface area contributed by atoms with Crippen molar-refractivity contribution in [3.8, 4) is 0 Å². The van der Waals surface area contributed by atoms with Crippen LogP contribution < -0.4 is 0 Å². The van der Waals surface area contributed by atoms with Gasteiger partial charge in [0.05, 0.1) is 18.0 Å². The lowest BCUT2D eigenvalue weighted by molar-refractivity contribution is 0.0798. The van der Waals surface area contributed by atoms with E-state index in [9.17, 15) is 5.11 Å². The number of aliphatic hydroxyl groups is 1. The molecule has 130 valence electrons. The van der Waals surface area contributed by atoms with Gasteiger partial charge in [-0.2, -0.15) is 0 Å². The molecule has 4 unspecified atom stereocenters. The van der Waals surface area contributed by atoms with Crippen LogP contribution in [0.1, 0.15) is 86.8 Å². The Morgan fingerprint density at radius 3 is 2.79 bits per heavy atom. The van der Waals surface area contributed by atoms with E-state index < -0.39 is 0 Å². The molecule has 4 atom stereocenters. The van der Waals surface area contributed by atoms with Gasteiger partial charge >= 0.3 is 0 Å². The zero-order chi connectivity index (χ0) is 16.1. The molecule has 3 aliphatic carbocycles. The number of rotatable bonds is 4. The van der Waals surface area contributed by atoms with E-state index in [4.69, 9.17) is 0 Å². The minimum absolute atomic E-state index is 0.311. The molecule has 24 heavy (non-hydrogen) atoms. The van der Waals surface area contributed by atoms with E-state index in [1.165, 1.54) is 73.2 Å². The average Bonchev–Trinajstić information content (AvgIpc) is 3.23. The van der Waals surface area contributed by atoms with Gasteiger partial charge in [0, 0.05) is 4.88 Å². The van der Waals surface area contributed by atoms with Crippen LogP contribution >= 0.6 is 11.3 Å². The molecule has 3 saturated carbocycles. The van der Waals surface area contributed by atoms with Crippen LogP contribution in [0.15, 0.2) is 12.5 Å². The molecule has 4 heteroatoms. The molecule has 5 rings (SSSR count). The van der Waals surface area contributed by atoms with Crippen LogP contribution in [0, 0.1) is 17.8 Å². The Hall–Kier alpha value is -0.870. The summed E-state index contributed by atoms with van der Waals surface area (Å²) in [7, 11) is 0. The summed E-state index contributed by atoms with van der Waals surface area (Å²) in [6.07, 6.45) is 17.0. The van der Waals surface area contributed by atoms with E-state index in [0.717, 1.165) is 18.3 Å². The quantitative estimate of drug-likeness (QED) is 0.817. The number of fused-ring (bicyclic) bond motifs is 2. The second-order valence-corrected chi connectivity index (χ2v) is 9.53. The first-order valence-electron chi connectivity index (χ1n) is 9.92. The molecular formula is C20H28N2OS. The molecule has 3 nitrogen and oxygen atoms in total. The molecule has 0 aliphatic heterocycles. The zero-order valence-corrected chi connectivity index (χ0v) is 15.2. The van der Waals surface area contributed by atoms with Gasteiger partial charge in [-0.25, -0.2) is 4.98 Å². The number of hydrogen-bond acceptors (Lipinski definition) is 3. The summed E-state index contributed by atoms with van der Waals surface area (Å²) in [6.45, 7) is 0. The first-order chi connectivity index (χ1) is 11.8. The molecule has 2 aromatic heterocycles. The van der Waals surface area contributed by atoms with Crippen molar-refractivity contribution in [1.82, 2.24) is 9.38 Å². The summed E-state index contributed by atoms with van der Waals surface area (Å²) in [5, 5.41) is 11.1. The predicted molar refractivity (Wildman–Crippen MR) is 97.4 cm³/mol. The summed E-state index contributed by atoms with van der Waals surface area (Å²) in [4.78, 5) is 6.92. The van der Waals surface area contributed by atoms with Gasteiger partial charge in [-0.1, -0.05) is 32.1 Å². The van der Waals surface area contributed by atoms with Crippen molar-refractivity contribution in [2.24, 2.45) is 17.8 Å². The summed E-state index contributed by atoms with van der Waals surface area (Å²) < 4.78 is 2.16. The van der Waals surface area contributed by atoms with Crippen LogP contribution in [0.5, 0.6) is 0 Å². The molecule has 3 fully saturated rings. The lowest BCUT2D eigenvalue weighted by atomic mass is 9.66. The number of aromatic nitrogens is 2. The molecule has 2 aromatic rings. The molecule has 0 radical (unpaired) electrons. The van der Waals surface area contributed by atoms with Gasteiger partial charge in [0.15, 0.2) is 0 Å². The Morgan fingerprint density at radius 2 is 1.96 bits per heavy atom. The molecule has 0 saturated heterocycles. The summed E-state index contributed by atoms with van der Waals surface area (Å²) in [5.41, 5.74) is 1.17. The Balaban J connectivity index is 1.34. The fraction of sp³-hybridized carbons (Fsp3) is 0.750. The van der Waals surface area contributed by atoms with E-state index in [0.29, 0.717) is 11.8 Å². The number of aliphatic hydroxyl groups excluding tert-OH is 1. The monoisotopic (exact) mass is 344 g/mol. The number of hydrogen-bond donors (Lipinski definition) is 1. The highest BCUT2D eigenvalue weighted by molar-refractivity contribution is 7.17. The third-order valence-electron chi connectivity index (χ3n) is 6.80. The number of thiazole rings is 1. The zero-order valence-electron chi connectivity index (χ0n) is 14.4. The Bertz CT molecular complexity index is 716. The molecule has 0 spiro atoms. The molecule has 0 amide bonds. The largest absolute Gasteiger partial charge is 0.387 e.